The lowest BCUT2D eigenvalue weighted by molar-refractivity contribution is 0.0728. The molecule has 1 amide bonds. The number of aromatic nitrogens is 1. The van der Waals surface area contributed by atoms with Gasteiger partial charge >= 0.3 is 0 Å². The molecular weight excluding hydrogens is 210 g/mol. The largest absolute Gasteiger partial charge is 0.275 e. The van der Waals surface area contributed by atoms with Crippen LogP contribution in [0.2, 0.25) is 0 Å². The highest BCUT2D eigenvalue weighted by Crippen LogP contribution is 2.15. The fourth-order valence-electron chi connectivity index (χ4n) is 1.44. The average Bonchev–Trinajstić information content (AvgIpc) is 2.77. The minimum atomic E-state index is -0.115. The molecule has 2 rings (SSSR count). The van der Waals surface area contributed by atoms with E-state index in [1.807, 2.05) is 0 Å². The molecule has 0 radical (unpaired) electrons. The van der Waals surface area contributed by atoms with Crippen LogP contribution in [0.5, 0.6) is 0 Å². The molecule has 0 saturated heterocycles. The van der Waals surface area contributed by atoms with Crippen molar-refractivity contribution in [2.75, 3.05) is 5.75 Å². The number of hydrogen-bond acceptors (Lipinski definition) is 4. The first-order valence-corrected chi connectivity index (χ1v) is 5.33. The van der Waals surface area contributed by atoms with E-state index in [9.17, 15) is 4.79 Å². The van der Waals surface area contributed by atoms with E-state index in [1.165, 1.54) is 5.01 Å². The Balaban J connectivity index is 2.18. The van der Waals surface area contributed by atoms with Crippen molar-refractivity contribution in [3.05, 3.63) is 30.1 Å². The van der Waals surface area contributed by atoms with Gasteiger partial charge in [0, 0.05) is 30.8 Å². The zero-order valence-corrected chi connectivity index (χ0v) is 8.97. The monoisotopic (exact) mass is 221 g/mol. The molecule has 0 aromatic carbocycles. The summed E-state index contributed by atoms with van der Waals surface area (Å²) in [5.41, 5.74) is 0.559. The Labute approximate surface area is 93.4 Å². The van der Waals surface area contributed by atoms with Gasteiger partial charge in [0.2, 0.25) is 0 Å². The van der Waals surface area contributed by atoms with Crippen molar-refractivity contribution in [3.8, 4) is 0 Å². The van der Waals surface area contributed by atoms with E-state index < -0.39 is 0 Å². The Morgan fingerprint density at radius 2 is 2.53 bits per heavy atom. The highest BCUT2D eigenvalue weighted by atomic mass is 32.1. The lowest BCUT2D eigenvalue weighted by Crippen LogP contribution is -2.33. The molecule has 0 saturated carbocycles. The Bertz CT molecular complexity index is 380. The van der Waals surface area contributed by atoms with Crippen molar-refractivity contribution in [2.24, 2.45) is 5.10 Å². The zero-order valence-electron chi connectivity index (χ0n) is 8.08. The predicted octanol–water partition coefficient (Wildman–Crippen LogP) is 1.21. The molecule has 1 aliphatic heterocycles. The molecule has 0 N–H and O–H groups in total. The molecule has 0 aliphatic carbocycles. The number of thiol groups is 1. The zero-order chi connectivity index (χ0) is 10.7. The first-order valence-electron chi connectivity index (χ1n) is 4.70. The molecule has 0 spiro atoms. The minimum Gasteiger partial charge on any atom is -0.267 e. The third-order valence-corrected chi connectivity index (χ3v) is 2.68. The van der Waals surface area contributed by atoms with E-state index in [4.69, 9.17) is 0 Å². The van der Waals surface area contributed by atoms with Gasteiger partial charge in [0.1, 0.15) is 0 Å². The van der Waals surface area contributed by atoms with Crippen molar-refractivity contribution in [1.82, 2.24) is 9.99 Å². The van der Waals surface area contributed by atoms with E-state index in [2.05, 4.69) is 22.7 Å². The minimum absolute atomic E-state index is 0.0704. The van der Waals surface area contributed by atoms with Gasteiger partial charge in [-0.2, -0.15) is 17.7 Å². The van der Waals surface area contributed by atoms with Crippen molar-refractivity contribution in [3.63, 3.8) is 0 Å². The number of amides is 1. The molecule has 0 bridgehead atoms. The van der Waals surface area contributed by atoms with Gasteiger partial charge in [-0.25, -0.2) is 5.01 Å². The second-order valence-corrected chi connectivity index (χ2v) is 3.63. The van der Waals surface area contributed by atoms with Crippen molar-refractivity contribution in [1.29, 1.82) is 0 Å². The van der Waals surface area contributed by atoms with Crippen LogP contribution in [0.25, 0.3) is 0 Å². The molecule has 1 aromatic heterocycles. The van der Waals surface area contributed by atoms with Crippen LogP contribution in [-0.2, 0) is 0 Å². The van der Waals surface area contributed by atoms with Crippen LogP contribution in [0.3, 0.4) is 0 Å². The van der Waals surface area contributed by atoms with Gasteiger partial charge in [0.15, 0.2) is 0 Å². The number of carbonyl (C=O) groups is 1. The van der Waals surface area contributed by atoms with Gasteiger partial charge in [-0.05, 0) is 12.1 Å². The molecule has 2 heterocycles. The summed E-state index contributed by atoms with van der Waals surface area (Å²) in [6, 6.07) is 3.54. The summed E-state index contributed by atoms with van der Waals surface area (Å²) in [6.07, 6.45) is 5.70. The number of pyridine rings is 1. The lowest BCUT2D eigenvalue weighted by Gasteiger charge is -2.19. The van der Waals surface area contributed by atoms with Crippen LogP contribution in [-0.4, -0.2) is 33.9 Å². The molecule has 1 atom stereocenters. The van der Waals surface area contributed by atoms with Gasteiger partial charge < -0.3 is 0 Å². The van der Waals surface area contributed by atoms with Gasteiger partial charge in [0.25, 0.3) is 5.91 Å². The van der Waals surface area contributed by atoms with Crippen LogP contribution in [0.1, 0.15) is 16.8 Å². The van der Waals surface area contributed by atoms with Crippen molar-refractivity contribution >= 4 is 24.8 Å². The fourth-order valence-corrected chi connectivity index (χ4v) is 1.75. The molecule has 78 valence electrons. The van der Waals surface area contributed by atoms with Crippen molar-refractivity contribution < 1.29 is 4.79 Å². The van der Waals surface area contributed by atoms with Gasteiger partial charge in [0.05, 0.1) is 11.6 Å². The van der Waals surface area contributed by atoms with Gasteiger partial charge in [-0.15, -0.1) is 0 Å². The number of rotatable bonds is 2. The predicted molar refractivity (Wildman–Crippen MR) is 61.2 cm³/mol. The Morgan fingerprint density at radius 3 is 3.20 bits per heavy atom. The summed E-state index contributed by atoms with van der Waals surface area (Å²) < 4.78 is 0. The topological polar surface area (TPSA) is 45.6 Å². The van der Waals surface area contributed by atoms with E-state index in [0.717, 1.165) is 6.42 Å². The fraction of sp³-hybridized carbons (Fsp3) is 0.300. The highest BCUT2D eigenvalue weighted by Gasteiger charge is 2.26. The standard InChI is InChI=1S/C10H11N3OS/c14-10(8-2-1-4-11-6-8)13-9(7-15)3-5-12-13/h1-2,4-6,9,15H,3,7H2/t9-/m1/s1. The lowest BCUT2D eigenvalue weighted by atomic mass is 10.2. The molecule has 15 heavy (non-hydrogen) atoms. The molecule has 0 unspecified atom stereocenters. The molecule has 4 nitrogen and oxygen atoms in total. The Morgan fingerprint density at radius 1 is 1.67 bits per heavy atom. The third kappa shape index (κ3) is 2.02. The number of hydrazone groups is 1. The van der Waals surface area contributed by atoms with Crippen LogP contribution in [0.4, 0.5) is 0 Å². The number of carbonyl (C=O) groups excluding carboxylic acids is 1. The van der Waals surface area contributed by atoms with Gasteiger partial charge in [-0.3, -0.25) is 9.78 Å². The normalized spacial score (nSPS) is 19.5. The van der Waals surface area contributed by atoms with Gasteiger partial charge in [-0.1, -0.05) is 0 Å². The second-order valence-electron chi connectivity index (χ2n) is 3.26. The number of hydrogen-bond donors (Lipinski definition) is 1. The van der Waals surface area contributed by atoms with E-state index in [-0.39, 0.29) is 11.9 Å². The summed E-state index contributed by atoms with van der Waals surface area (Å²) in [4.78, 5) is 15.9. The first-order chi connectivity index (χ1) is 7.33. The summed E-state index contributed by atoms with van der Waals surface area (Å²) in [5.74, 6) is 0.502. The SMILES string of the molecule is O=C(c1cccnc1)N1N=CC[C@@H]1CS. The summed E-state index contributed by atoms with van der Waals surface area (Å²) >= 11 is 4.19. The van der Waals surface area contributed by atoms with Crippen LogP contribution in [0, 0.1) is 0 Å². The molecular formula is C10H11N3OS. The average molecular weight is 221 g/mol. The van der Waals surface area contributed by atoms with Crippen LogP contribution < -0.4 is 0 Å². The molecule has 1 aromatic rings. The van der Waals surface area contributed by atoms with Crippen LogP contribution >= 0.6 is 12.6 Å². The summed E-state index contributed by atoms with van der Waals surface area (Å²) in [6.45, 7) is 0. The van der Waals surface area contributed by atoms with Crippen LogP contribution in [0.15, 0.2) is 29.6 Å². The highest BCUT2D eigenvalue weighted by molar-refractivity contribution is 7.80. The molecule has 5 heteroatoms. The summed E-state index contributed by atoms with van der Waals surface area (Å²) in [5, 5.41) is 5.52. The maximum absolute atomic E-state index is 12.0. The van der Waals surface area contributed by atoms with E-state index in [1.54, 1.807) is 30.7 Å². The Hall–Kier alpha value is -1.36. The molecule has 1 aliphatic rings. The Kier molecular flexibility index (Phi) is 3.01. The van der Waals surface area contributed by atoms with Crippen molar-refractivity contribution in [2.45, 2.75) is 12.5 Å². The molecule has 0 fully saturated rings. The quantitative estimate of drug-likeness (QED) is 0.763. The van der Waals surface area contributed by atoms with E-state index in [0.29, 0.717) is 11.3 Å². The maximum atomic E-state index is 12.0. The third-order valence-electron chi connectivity index (χ3n) is 2.26. The first kappa shape index (κ1) is 10.2. The number of nitrogens with zero attached hydrogens (tertiary/aromatic N) is 3. The summed E-state index contributed by atoms with van der Waals surface area (Å²) in [7, 11) is 0. The maximum Gasteiger partial charge on any atom is 0.275 e. The second kappa shape index (κ2) is 4.44. The van der Waals surface area contributed by atoms with E-state index >= 15 is 0 Å². The smallest absolute Gasteiger partial charge is 0.267 e.